The van der Waals surface area contributed by atoms with Gasteiger partial charge in [-0.3, -0.25) is 4.79 Å². The molecule has 2 aliphatic rings. The normalized spacial score (nSPS) is 20.8. The largest absolute Gasteiger partial charge is 0.486 e. The molecule has 1 aromatic rings. The van der Waals surface area contributed by atoms with Gasteiger partial charge < -0.3 is 19.7 Å². The molecule has 0 aliphatic carbocycles. The molecule has 0 bridgehead atoms. The fraction of sp³-hybridized carbons (Fsp3) is 0.533. The third-order valence-corrected chi connectivity index (χ3v) is 3.87. The molecule has 1 fully saturated rings. The van der Waals surface area contributed by atoms with Crippen LogP contribution in [0.15, 0.2) is 18.2 Å². The first kappa shape index (κ1) is 13.2. The Hall–Kier alpha value is -1.75. The van der Waals surface area contributed by atoms with E-state index in [0.29, 0.717) is 30.6 Å². The second kappa shape index (κ2) is 5.71. The summed E-state index contributed by atoms with van der Waals surface area (Å²) in [6.07, 6.45) is 1.02. The molecule has 3 rings (SSSR count). The average molecular weight is 276 g/mol. The Morgan fingerprint density at radius 1 is 1.35 bits per heavy atom. The molecule has 20 heavy (non-hydrogen) atoms. The lowest BCUT2D eigenvalue weighted by Gasteiger charge is -2.28. The summed E-state index contributed by atoms with van der Waals surface area (Å²) < 4.78 is 11.0. The van der Waals surface area contributed by atoms with Crippen molar-refractivity contribution in [3.05, 3.63) is 23.8 Å². The summed E-state index contributed by atoms with van der Waals surface area (Å²) >= 11 is 0. The van der Waals surface area contributed by atoms with Crippen molar-refractivity contribution in [2.75, 3.05) is 32.8 Å². The molecule has 5 nitrogen and oxygen atoms in total. The summed E-state index contributed by atoms with van der Waals surface area (Å²) in [5.41, 5.74) is 0.669. The van der Waals surface area contributed by atoms with Crippen molar-refractivity contribution in [2.45, 2.75) is 19.4 Å². The van der Waals surface area contributed by atoms with Gasteiger partial charge in [-0.2, -0.15) is 0 Å². The zero-order valence-corrected chi connectivity index (χ0v) is 11.7. The molecule has 108 valence electrons. The van der Waals surface area contributed by atoms with Crippen LogP contribution in [0.1, 0.15) is 23.7 Å². The number of rotatable bonds is 3. The number of amides is 1. The zero-order chi connectivity index (χ0) is 13.9. The molecule has 1 unspecified atom stereocenters. The van der Waals surface area contributed by atoms with E-state index in [1.807, 2.05) is 24.0 Å². The first-order valence-electron chi connectivity index (χ1n) is 7.21. The first-order chi connectivity index (χ1) is 9.79. The van der Waals surface area contributed by atoms with Crippen LogP contribution in [0.5, 0.6) is 11.5 Å². The smallest absolute Gasteiger partial charge is 0.254 e. The first-order valence-corrected chi connectivity index (χ1v) is 7.21. The predicted molar refractivity (Wildman–Crippen MR) is 75.4 cm³/mol. The Morgan fingerprint density at radius 3 is 2.85 bits per heavy atom. The van der Waals surface area contributed by atoms with E-state index in [4.69, 9.17) is 9.47 Å². The maximum absolute atomic E-state index is 12.7. The second-order valence-electron chi connectivity index (χ2n) is 5.10. The van der Waals surface area contributed by atoms with Gasteiger partial charge in [-0.25, -0.2) is 0 Å². The SMILES string of the molecule is CCN(C(=O)c1ccc2c(c1)OCCO2)C1CCNC1. The number of hydrogen-bond donors (Lipinski definition) is 1. The average Bonchev–Trinajstić information content (AvgIpc) is 3.01. The maximum Gasteiger partial charge on any atom is 0.254 e. The van der Waals surface area contributed by atoms with Crippen LogP contribution in [0.25, 0.3) is 0 Å². The lowest BCUT2D eigenvalue weighted by Crippen LogP contribution is -2.41. The quantitative estimate of drug-likeness (QED) is 0.903. The number of fused-ring (bicyclic) bond motifs is 1. The Kier molecular flexibility index (Phi) is 3.78. The number of carbonyl (C=O) groups excluding carboxylic acids is 1. The Morgan fingerprint density at radius 2 is 2.15 bits per heavy atom. The Bertz CT molecular complexity index is 498. The van der Waals surface area contributed by atoms with Gasteiger partial charge in [-0.05, 0) is 38.1 Å². The van der Waals surface area contributed by atoms with Gasteiger partial charge in [-0.15, -0.1) is 0 Å². The molecule has 0 radical (unpaired) electrons. The monoisotopic (exact) mass is 276 g/mol. The fourth-order valence-corrected chi connectivity index (χ4v) is 2.82. The second-order valence-corrected chi connectivity index (χ2v) is 5.10. The van der Waals surface area contributed by atoms with Crippen molar-refractivity contribution in [3.63, 3.8) is 0 Å². The van der Waals surface area contributed by atoms with Gasteiger partial charge in [0.1, 0.15) is 13.2 Å². The van der Waals surface area contributed by atoms with E-state index in [0.717, 1.165) is 31.8 Å². The molecule has 1 amide bonds. The van der Waals surface area contributed by atoms with Gasteiger partial charge in [0.05, 0.1) is 0 Å². The summed E-state index contributed by atoms with van der Waals surface area (Å²) in [5, 5.41) is 3.30. The van der Waals surface area contributed by atoms with E-state index in [1.165, 1.54) is 0 Å². The van der Waals surface area contributed by atoms with E-state index in [2.05, 4.69) is 5.32 Å². The van der Waals surface area contributed by atoms with Gasteiger partial charge in [0, 0.05) is 24.7 Å². The number of ether oxygens (including phenoxy) is 2. The van der Waals surface area contributed by atoms with Crippen molar-refractivity contribution < 1.29 is 14.3 Å². The molecule has 1 atom stereocenters. The van der Waals surface area contributed by atoms with E-state index in [-0.39, 0.29) is 5.91 Å². The summed E-state index contributed by atoms with van der Waals surface area (Å²) in [6.45, 7) is 5.71. The number of hydrogen-bond acceptors (Lipinski definition) is 4. The Balaban J connectivity index is 1.81. The standard InChI is InChI=1S/C15H20N2O3/c1-2-17(12-5-6-16-10-12)15(18)11-3-4-13-14(9-11)20-8-7-19-13/h3-4,9,12,16H,2,5-8,10H2,1H3. The van der Waals surface area contributed by atoms with E-state index < -0.39 is 0 Å². The number of benzene rings is 1. The highest BCUT2D eigenvalue weighted by Crippen LogP contribution is 2.31. The lowest BCUT2D eigenvalue weighted by atomic mass is 10.1. The molecule has 2 heterocycles. The molecule has 1 aromatic carbocycles. The summed E-state index contributed by atoms with van der Waals surface area (Å²) in [6, 6.07) is 5.73. The van der Waals surface area contributed by atoms with Crippen LogP contribution in [-0.2, 0) is 0 Å². The van der Waals surface area contributed by atoms with E-state index in [1.54, 1.807) is 6.07 Å². The number of likely N-dealkylation sites (N-methyl/N-ethyl adjacent to an activating group) is 1. The molecule has 0 spiro atoms. The highest BCUT2D eigenvalue weighted by Gasteiger charge is 2.26. The fourth-order valence-electron chi connectivity index (χ4n) is 2.82. The van der Waals surface area contributed by atoms with Crippen LogP contribution in [0, 0.1) is 0 Å². The van der Waals surface area contributed by atoms with Crippen molar-refractivity contribution >= 4 is 5.91 Å². The summed E-state index contributed by atoms with van der Waals surface area (Å²) in [5.74, 6) is 1.46. The highest BCUT2D eigenvalue weighted by atomic mass is 16.6. The van der Waals surface area contributed by atoms with E-state index in [9.17, 15) is 4.79 Å². The van der Waals surface area contributed by atoms with E-state index >= 15 is 0 Å². The van der Waals surface area contributed by atoms with Crippen LogP contribution < -0.4 is 14.8 Å². The minimum atomic E-state index is 0.0678. The van der Waals surface area contributed by atoms with Gasteiger partial charge >= 0.3 is 0 Å². The maximum atomic E-state index is 12.7. The molecule has 0 saturated carbocycles. The van der Waals surface area contributed by atoms with Gasteiger partial charge in [-0.1, -0.05) is 0 Å². The van der Waals surface area contributed by atoms with Gasteiger partial charge in [0.15, 0.2) is 11.5 Å². The zero-order valence-electron chi connectivity index (χ0n) is 11.7. The topological polar surface area (TPSA) is 50.8 Å². The molecule has 0 aromatic heterocycles. The van der Waals surface area contributed by atoms with Crippen LogP contribution in [0.3, 0.4) is 0 Å². The Labute approximate surface area is 118 Å². The van der Waals surface area contributed by atoms with Crippen LogP contribution >= 0.6 is 0 Å². The molecule has 2 aliphatic heterocycles. The van der Waals surface area contributed by atoms with Crippen LogP contribution in [0.2, 0.25) is 0 Å². The van der Waals surface area contributed by atoms with Crippen molar-refractivity contribution in [3.8, 4) is 11.5 Å². The molecular formula is C15H20N2O3. The van der Waals surface area contributed by atoms with Crippen molar-refractivity contribution in [1.29, 1.82) is 0 Å². The van der Waals surface area contributed by atoms with Crippen molar-refractivity contribution in [1.82, 2.24) is 10.2 Å². The number of carbonyl (C=O) groups is 1. The summed E-state index contributed by atoms with van der Waals surface area (Å²) in [7, 11) is 0. The van der Waals surface area contributed by atoms with Crippen LogP contribution in [0.4, 0.5) is 0 Å². The summed E-state index contributed by atoms with van der Waals surface area (Å²) in [4.78, 5) is 14.6. The molecular weight excluding hydrogens is 256 g/mol. The minimum Gasteiger partial charge on any atom is -0.486 e. The highest BCUT2D eigenvalue weighted by molar-refractivity contribution is 5.95. The van der Waals surface area contributed by atoms with Crippen LogP contribution in [-0.4, -0.2) is 49.7 Å². The third-order valence-electron chi connectivity index (χ3n) is 3.87. The number of nitrogens with zero attached hydrogens (tertiary/aromatic N) is 1. The predicted octanol–water partition coefficient (Wildman–Crippen LogP) is 1.28. The minimum absolute atomic E-state index is 0.0678. The van der Waals surface area contributed by atoms with Gasteiger partial charge in [0.25, 0.3) is 5.91 Å². The third kappa shape index (κ3) is 2.45. The molecule has 5 heteroatoms. The number of nitrogens with one attached hydrogen (secondary N) is 1. The molecule has 1 saturated heterocycles. The van der Waals surface area contributed by atoms with Crippen molar-refractivity contribution in [2.24, 2.45) is 0 Å². The lowest BCUT2D eigenvalue weighted by molar-refractivity contribution is 0.0702. The molecule has 1 N–H and O–H groups in total. The van der Waals surface area contributed by atoms with Gasteiger partial charge in [0.2, 0.25) is 0 Å².